The number of aliphatic hydroxyl groups excluding tert-OH is 2. The third-order valence-electron chi connectivity index (χ3n) is 13.5. The minimum Gasteiger partial charge on any atom is -0.479 e. The van der Waals surface area contributed by atoms with Crippen LogP contribution in [-0.4, -0.2) is 89.2 Å². The number of carbonyl (C=O) groups is 4. The monoisotopic (exact) mass is 1010 g/mol. The van der Waals surface area contributed by atoms with E-state index in [1.807, 2.05) is 0 Å². The van der Waals surface area contributed by atoms with Crippen molar-refractivity contribution in [1.82, 2.24) is 0 Å². The van der Waals surface area contributed by atoms with Gasteiger partial charge < -0.3 is 39.0 Å². The van der Waals surface area contributed by atoms with Crippen LogP contribution in [0.1, 0.15) is 278 Å². The fraction of sp³-hybridized carbons (Fsp3) is 0.864. The Kier molecular flexibility index (Phi) is 44.9. The summed E-state index contributed by atoms with van der Waals surface area (Å²) in [5.41, 5.74) is 0. The lowest BCUT2D eigenvalue weighted by atomic mass is 9.98. The average Bonchev–Trinajstić information content (AvgIpc) is 3.35. The number of esters is 3. The third kappa shape index (κ3) is 38.4. The van der Waals surface area contributed by atoms with Gasteiger partial charge in [-0.25, -0.2) is 4.79 Å². The molecule has 0 radical (unpaired) electrons. The summed E-state index contributed by atoms with van der Waals surface area (Å²) in [5.74, 6) is -3.11. The van der Waals surface area contributed by atoms with E-state index in [0.717, 1.165) is 96.3 Å². The fourth-order valence-corrected chi connectivity index (χ4v) is 9.00. The van der Waals surface area contributed by atoms with E-state index in [0.29, 0.717) is 19.3 Å². The van der Waals surface area contributed by atoms with Gasteiger partial charge in [0, 0.05) is 19.3 Å². The summed E-state index contributed by atoms with van der Waals surface area (Å²) in [4.78, 5) is 51.0. The first-order chi connectivity index (χ1) is 34.6. The van der Waals surface area contributed by atoms with E-state index in [-0.39, 0.29) is 25.9 Å². The summed E-state index contributed by atoms with van der Waals surface area (Å²) in [6.45, 7) is 5.93. The molecule has 6 unspecified atom stereocenters. The number of hydrogen-bond donors (Lipinski definition) is 3. The molecule has 12 nitrogen and oxygen atoms in total. The van der Waals surface area contributed by atoms with Crippen molar-refractivity contribution < 1.29 is 58.2 Å². The lowest BCUT2D eigenvalue weighted by Crippen LogP contribution is -2.61. The van der Waals surface area contributed by atoms with Crippen LogP contribution in [0.15, 0.2) is 24.3 Å². The normalized spacial score (nSPS) is 18.6. The Hall–Kier alpha value is -2.80. The van der Waals surface area contributed by atoms with Crippen molar-refractivity contribution in [2.45, 2.75) is 314 Å². The van der Waals surface area contributed by atoms with E-state index >= 15 is 0 Å². The van der Waals surface area contributed by atoms with Crippen LogP contribution in [0.3, 0.4) is 0 Å². The van der Waals surface area contributed by atoms with Crippen molar-refractivity contribution in [1.29, 1.82) is 0 Å². The van der Waals surface area contributed by atoms with Gasteiger partial charge in [0.2, 0.25) is 0 Å². The molecule has 0 aromatic carbocycles. The van der Waals surface area contributed by atoms with Gasteiger partial charge in [-0.15, -0.1) is 0 Å². The Bertz CT molecular complexity index is 1340. The van der Waals surface area contributed by atoms with Crippen molar-refractivity contribution in [3.63, 3.8) is 0 Å². The van der Waals surface area contributed by atoms with Gasteiger partial charge in [0.15, 0.2) is 24.6 Å². The van der Waals surface area contributed by atoms with Gasteiger partial charge in [-0.2, -0.15) is 0 Å². The zero-order valence-corrected chi connectivity index (χ0v) is 45.5. The Morgan fingerprint density at radius 3 is 1.32 bits per heavy atom. The molecule has 0 saturated carbocycles. The second-order valence-electron chi connectivity index (χ2n) is 20.3. The number of carboxylic acids is 1. The highest BCUT2D eigenvalue weighted by atomic mass is 16.7. The van der Waals surface area contributed by atoms with Crippen LogP contribution in [0.2, 0.25) is 0 Å². The van der Waals surface area contributed by atoms with Gasteiger partial charge in [0.25, 0.3) is 0 Å². The van der Waals surface area contributed by atoms with Crippen LogP contribution in [-0.2, 0) is 42.9 Å². The minimum atomic E-state index is -1.90. The molecule has 1 rings (SSSR count). The highest BCUT2D eigenvalue weighted by Gasteiger charge is 2.50. The highest BCUT2D eigenvalue weighted by Crippen LogP contribution is 2.27. The number of aliphatic carboxylic acids is 1. The minimum absolute atomic E-state index is 0.0652. The van der Waals surface area contributed by atoms with Crippen LogP contribution < -0.4 is 0 Å². The molecule has 1 saturated heterocycles. The number of allylic oxidation sites excluding steroid dienone is 4. The lowest BCUT2D eigenvalue weighted by Gasteiger charge is -2.40. The van der Waals surface area contributed by atoms with Crippen LogP contribution in [0.5, 0.6) is 0 Å². The van der Waals surface area contributed by atoms with Crippen molar-refractivity contribution in [3.05, 3.63) is 24.3 Å². The maximum absolute atomic E-state index is 13.1. The molecular weight excluding hydrogens is 901 g/mol. The predicted octanol–water partition coefficient (Wildman–Crippen LogP) is 14.7. The van der Waals surface area contributed by atoms with Crippen molar-refractivity contribution in [3.8, 4) is 0 Å². The smallest absolute Gasteiger partial charge is 0.335 e. The highest BCUT2D eigenvalue weighted by molar-refractivity contribution is 5.74. The number of aliphatic hydroxyl groups is 2. The van der Waals surface area contributed by atoms with Crippen LogP contribution in [0.4, 0.5) is 0 Å². The van der Waals surface area contributed by atoms with Gasteiger partial charge >= 0.3 is 23.9 Å². The molecule has 6 atom stereocenters. The molecule has 12 heteroatoms. The molecule has 0 bridgehead atoms. The number of carboxylic acid groups (broad SMARTS) is 1. The van der Waals surface area contributed by atoms with E-state index in [4.69, 9.17) is 23.7 Å². The summed E-state index contributed by atoms with van der Waals surface area (Å²) in [7, 11) is 0. The number of rotatable bonds is 50. The molecule has 1 aliphatic rings. The Balaban J connectivity index is 2.69. The molecule has 1 aliphatic heterocycles. The molecule has 71 heavy (non-hydrogen) atoms. The van der Waals surface area contributed by atoms with Crippen molar-refractivity contribution in [2.75, 3.05) is 13.2 Å². The fourth-order valence-electron chi connectivity index (χ4n) is 9.00. The third-order valence-corrected chi connectivity index (χ3v) is 13.5. The average molecular weight is 1010 g/mol. The second kappa shape index (κ2) is 48.2. The summed E-state index contributed by atoms with van der Waals surface area (Å²) >= 11 is 0. The van der Waals surface area contributed by atoms with Crippen molar-refractivity contribution in [2.24, 2.45) is 0 Å². The first kappa shape index (κ1) is 66.2. The van der Waals surface area contributed by atoms with Crippen molar-refractivity contribution >= 4 is 23.9 Å². The summed E-state index contributed by atoms with van der Waals surface area (Å²) in [5, 5.41) is 31.4. The molecular formula is C59H106O12. The van der Waals surface area contributed by atoms with E-state index in [1.165, 1.54) is 122 Å². The van der Waals surface area contributed by atoms with Crippen LogP contribution in [0.25, 0.3) is 0 Å². The molecule has 414 valence electrons. The lowest BCUT2D eigenvalue weighted by molar-refractivity contribution is -0.301. The number of unbranched alkanes of at least 4 members (excludes halogenated alkanes) is 32. The second-order valence-corrected chi connectivity index (χ2v) is 20.3. The zero-order valence-electron chi connectivity index (χ0n) is 45.5. The van der Waals surface area contributed by atoms with E-state index in [2.05, 4.69) is 45.1 Å². The predicted molar refractivity (Wildman–Crippen MR) is 285 cm³/mol. The van der Waals surface area contributed by atoms with Crippen LogP contribution in [0, 0.1) is 0 Å². The van der Waals surface area contributed by atoms with Gasteiger partial charge in [-0.1, -0.05) is 238 Å². The Morgan fingerprint density at radius 2 is 0.873 bits per heavy atom. The summed E-state index contributed by atoms with van der Waals surface area (Å²) < 4.78 is 28.4. The van der Waals surface area contributed by atoms with Gasteiger partial charge in [0.1, 0.15) is 18.8 Å². The van der Waals surface area contributed by atoms with Gasteiger partial charge in [0.05, 0.1) is 6.61 Å². The van der Waals surface area contributed by atoms with Crippen LogP contribution >= 0.6 is 0 Å². The van der Waals surface area contributed by atoms with Gasteiger partial charge in [-0.05, 0) is 44.9 Å². The molecule has 0 amide bonds. The molecule has 0 aromatic rings. The van der Waals surface area contributed by atoms with E-state index in [9.17, 15) is 34.5 Å². The number of carbonyl (C=O) groups excluding carboxylic acids is 3. The Morgan fingerprint density at radius 1 is 0.465 bits per heavy atom. The molecule has 0 aromatic heterocycles. The number of ether oxygens (including phenoxy) is 5. The summed E-state index contributed by atoms with van der Waals surface area (Å²) in [6.07, 6.45) is 41.5. The number of hydrogen-bond acceptors (Lipinski definition) is 11. The molecule has 0 aliphatic carbocycles. The molecule has 1 heterocycles. The zero-order chi connectivity index (χ0) is 51.8. The first-order valence-electron chi connectivity index (χ1n) is 29.3. The Labute approximate surface area is 432 Å². The topological polar surface area (TPSA) is 175 Å². The molecule has 3 N–H and O–H groups in total. The molecule has 1 fully saturated rings. The standard InChI is InChI=1S/C59H106O12/c1-4-7-10-13-16-19-22-25-26-29-30-33-36-39-42-45-51(60)67-48-50(69-52(61)46-43-40-37-34-31-27-23-20-17-14-11-8-5-2)49-68-59-57(55(64)54(63)56(71-59)58(65)66)70-53(62)47-44-41-38-35-32-28-24-21-18-15-12-9-6-3/h11,14,20,23,50,54-57,59,63-64H,4-10,12-13,15-19,21-22,24-49H2,1-3H3,(H,65,66)/b14-11-,23-20-. The maximum atomic E-state index is 13.1. The van der Waals surface area contributed by atoms with Gasteiger partial charge in [-0.3, -0.25) is 14.4 Å². The maximum Gasteiger partial charge on any atom is 0.335 e. The summed E-state index contributed by atoms with van der Waals surface area (Å²) in [6, 6.07) is 0. The molecule has 0 spiro atoms. The van der Waals surface area contributed by atoms with E-state index in [1.54, 1.807) is 0 Å². The van der Waals surface area contributed by atoms with E-state index < -0.39 is 67.3 Å². The quantitative estimate of drug-likeness (QED) is 0.0228. The largest absolute Gasteiger partial charge is 0.479 e. The SMILES string of the molecule is CCC/C=C\C/C=C\CCCCCCCC(=O)OC(COC(=O)CCCCCCCCCCCCCCCCC)COC1OC(C(=O)O)C(O)C(O)C1OC(=O)CCCCCCCCCCCCCCC. The first-order valence-corrected chi connectivity index (χ1v) is 29.3.